The van der Waals surface area contributed by atoms with Crippen LogP contribution in [0.15, 0.2) is 53.5 Å². The van der Waals surface area contributed by atoms with Gasteiger partial charge in [0, 0.05) is 24.3 Å². The van der Waals surface area contributed by atoms with Crippen LogP contribution < -0.4 is 20.8 Å². The molecule has 0 saturated heterocycles. The Hall–Kier alpha value is -4.40. The average Bonchev–Trinajstić information content (AvgIpc) is 3.56. The summed E-state index contributed by atoms with van der Waals surface area (Å²) in [5.41, 5.74) is 0.608. The van der Waals surface area contributed by atoms with Gasteiger partial charge < -0.3 is 24.7 Å². The summed E-state index contributed by atoms with van der Waals surface area (Å²) in [6.45, 7) is 4.40. The summed E-state index contributed by atoms with van der Waals surface area (Å²) >= 11 is 0. The van der Waals surface area contributed by atoms with Crippen LogP contribution in [0.2, 0.25) is 0 Å². The highest BCUT2D eigenvalue weighted by atomic mass is 19.1. The molecule has 7 rings (SSSR count). The number of unbranched alkanes of at least 4 members (excludes halogenated alkanes) is 1. The molecule has 44 heavy (non-hydrogen) atoms. The Morgan fingerprint density at radius 3 is 2.66 bits per heavy atom. The van der Waals surface area contributed by atoms with E-state index in [0.717, 1.165) is 49.3 Å². The maximum atomic E-state index is 16.0. The number of hydrogen-bond acceptors (Lipinski definition) is 5. The number of amides is 2. The van der Waals surface area contributed by atoms with Gasteiger partial charge in [0.1, 0.15) is 22.5 Å². The van der Waals surface area contributed by atoms with Gasteiger partial charge in [-0.15, -0.1) is 0 Å². The molecule has 2 amide bonds. The highest BCUT2D eigenvalue weighted by molar-refractivity contribution is 6.00. The van der Waals surface area contributed by atoms with Gasteiger partial charge in [0.05, 0.1) is 11.1 Å². The minimum Gasteiger partial charge on any atom is -0.452 e. The maximum absolute atomic E-state index is 16.0. The molecule has 1 aromatic heterocycles. The predicted molar refractivity (Wildman–Crippen MR) is 166 cm³/mol. The summed E-state index contributed by atoms with van der Waals surface area (Å²) in [4.78, 5) is 39.2. The molecule has 4 aromatic rings. The second kappa shape index (κ2) is 10.9. The molecule has 1 aliphatic heterocycles. The van der Waals surface area contributed by atoms with Crippen molar-refractivity contribution in [2.75, 3.05) is 6.54 Å². The molecule has 2 unspecified atom stereocenters. The van der Waals surface area contributed by atoms with Crippen LogP contribution >= 0.6 is 0 Å². The number of nitrogens with one attached hydrogen (secondary N) is 2. The number of pyridine rings is 1. The Labute approximate surface area is 254 Å². The Kier molecular flexibility index (Phi) is 7.06. The molecule has 9 heteroatoms. The smallest absolute Gasteiger partial charge is 0.407 e. The van der Waals surface area contributed by atoms with E-state index in [-0.39, 0.29) is 28.5 Å². The van der Waals surface area contributed by atoms with E-state index in [0.29, 0.717) is 47.7 Å². The van der Waals surface area contributed by atoms with Gasteiger partial charge >= 0.3 is 6.09 Å². The first-order valence-corrected chi connectivity index (χ1v) is 15.6. The third-order valence-electron chi connectivity index (χ3n) is 9.30. The molecular weight excluding hydrogens is 561 g/mol. The summed E-state index contributed by atoms with van der Waals surface area (Å²) in [5, 5.41) is 7.85. The van der Waals surface area contributed by atoms with E-state index in [4.69, 9.17) is 9.47 Å². The normalized spacial score (nSPS) is 19.3. The molecule has 0 radical (unpaired) electrons. The highest BCUT2D eigenvalue weighted by Gasteiger charge is 2.42. The molecule has 0 spiro atoms. The van der Waals surface area contributed by atoms with Gasteiger partial charge in [-0.1, -0.05) is 37.6 Å². The lowest BCUT2D eigenvalue weighted by Crippen LogP contribution is -2.35. The van der Waals surface area contributed by atoms with Crippen molar-refractivity contribution in [3.63, 3.8) is 0 Å². The number of carbonyl (C=O) groups excluding carboxylic acids is 2. The summed E-state index contributed by atoms with van der Waals surface area (Å²) < 4.78 is 29.9. The SMILES string of the molecule is CCCCNC(=O)c1cn2c3c(c(CC4CCC(NC(=O)OC5(C)CC5)C4)c(F)cc3c1=O)Oc1cc3ccccc3cc1-2. The zero-order valence-electron chi connectivity index (χ0n) is 25.0. The molecule has 8 nitrogen and oxygen atoms in total. The topological polar surface area (TPSA) is 98.7 Å². The largest absolute Gasteiger partial charge is 0.452 e. The molecule has 2 aliphatic carbocycles. The molecule has 2 heterocycles. The summed E-state index contributed by atoms with van der Waals surface area (Å²) in [5.74, 6) is -0.0950. The lowest BCUT2D eigenvalue weighted by molar-refractivity contribution is 0.0902. The molecule has 2 saturated carbocycles. The molecule has 2 N–H and O–H groups in total. The average molecular weight is 598 g/mol. The van der Waals surface area contributed by atoms with Crippen LogP contribution in [0.4, 0.5) is 9.18 Å². The number of nitrogens with zero attached hydrogens (tertiary/aromatic N) is 1. The minimum atomic E-state index is -0.540. The summed E-state index contributed by atoms with van der Waals surface area (Å²) in [6, 6.07) is 12.9. The first-order valence-electron chi connectivity index (χ1n) is 15.6. The number of alkyl carbamates (subject to hydrolysis) is 1. The summed E-state index contributed by atoms with van der Waals surface area (Å²) in [6.07, 6.45) is 7.28. The van der Waals surface area contributed by atoms with Gasteiger partial charge in [-0.05, 0) is 86.8 Å². The third kappa shape index (κ3) is 5.18. The standard InChI is InChI=1S/C35H36FN3O5/c1-3-4-13-37-33(41)26-19-39-28-16-21-7-5-6-8-22(21)17-29(28)43-32-24(27(36)18-25(30(32)39)31(26)40)15-20-9-10-23(14-20)38-34(42)44-35(2)11-12-35/h5-8,16-20,23H,3-4,9-15H2,1-2H3,(H,37,41)(H,38,42). The number of ether oxygens (including phenoxy) is 2. The van der Waals surface area contributed by atoms with E-state index < -0.39 is 23.2 Å². The van der Waals surface area contributed by atoms with Gasteiger partial charge in [-0.2, -0.15) is 0 Å². The van der Waals surface area contributed by atoms with E-state index in [1.807, 2.05) is 54.8 Å². The lowest BCUT2D eigenvalue weighted by Gasteiger charge is -2.27. The predicted octanol–water partition coefficient (Wildman–Crippen LogP) is 6.91. The van der Waals surface area contributed by atoms with Gasteiger partial charge in [0.2, 0.25) is 5.43 Å². The van der Waals surface area contributed by atoms with Crippen molar-refractivity contribution in [1.29, 1.82) is 0 Å². The number of aromatic nitrogens is 1. The second-order valence-electron chi connectivity index (χ2n) is 12.7. The fraction of sp³-hybridized carbons (Fsp3) is 0.400. The molecule has 2 fully saturated rings. The number of rotatable bonds is 8. The molecule has 3 aliphatic rings. The lowest BCUT2D eigenvalue weighted by atomic mass is 9.94. The maximum Gasteiger partial charge on any atom is 0.407 e. The second-order valence-corrected chi connectivity index (χ2v) is 12.7. The van der Waals surface area contributed by atoms with Crippen molar-refractivity contribution < 1.29 is 23.5 Å². The number of hydrogen-bond donors (Lipinski definition) is 2. The minimum absolute atomic E-state index is 0.0376. The first kappa shape index (κ1) is 28.4. The third-order valence-corrected chi connectivity index (χ3v) is 9.30. The Balaban J connectivity index is 1.27. The Bertz CT molecular complexity index is 1880. The van der Waals surface area contributed by atoms with Crippen molar-refractivity contribution in [3.8, 4) is 17.2 Å². The number of benzene rings is 3. The van der Waals surface area contributed by atoms with Crippen LogP contribution in [-0.4, -0.2) is 34.8 Å². The fourth-order valence-electron chi connectivity index (χ4n) is 6.56. The van der Waals surface area contributed by atoms with Crippen LogP contribution in [0.3, 0.4) is 0 Å². The van der Waals surface area contributed by atoms with Crippen molar-refractivity contribution in [3.05, 3.63) is 75.8 Å². The van der Waals surface area contributed by atoms with E-state index >= 15 is 4.39 Å². The molecular formula is C35H36FN3O5. The van der Waals surface area contributed by atoms with Gasteiger partial charge in [0.25, 0.3) is 5.91 Å². The van der Waals surface area contributed by atoms with Crippen LogP contribution in [0.25, 0.3) is 27.4 Å². The van der Waals surface area contributed by atoms with E-state index in [1.165, 1.54) is 6.07 Å². The van der Waals surface area contributed by atoms with Gasteiger partial charge in [-0.3, -0.25) is 9.59 Å². The summed E-state index contributed by atoms with van der Waals surface area (Å²) in [7, 11) is 0. The van der Waals surface area contributed by atoms with Crippen molar-refractivity contribution in [1.82, 2.24) is 15.2 Å². The monoisotopic (exact) mass is 597 g/mol. The zero-order valence-corrected chi connectivity index (χ0v) is 25.0. The number of fused-ring (bicyclic) bond motifs is 3. The molecule has 3 aromatic carbocycles. The zero-order chi connectivity index (χ0) is 30.6. The first-order chi connectivity index (χ1) is 21.2. The quantitative estimate of drug-likeness (QED) is 0.190. The fourth-order valence-corrected chi connectivity index (χ4v) is 6.56. The Morgan fingerprint density at radius 1 is 1.14 bits per heavy atom. The van der Waals surface area contributed by atoms with E-state index in [2.05, 4.69) is 10.6 Å². The van der Waals surface area contributed by atoms with Crippen LogP contribution in [0, 0.1) is 11.7 Å². The van der Waals surface area contributed by atoms with Crippen LogP contribution in [0.1, 0.15) is 74.7 Å². The van der Waals surface area contributed by atoms with Crippen molar-refractivity contribution >= 4 is 33.7 Å². The van der Waals surface area contributed by atoms with Gasteiger partial charge in [-0.25, -0.2) is 9.18 Å². The molecule has 0 bridgehead atoms. The van der Waals surface area contributed by atoms with Crippen LogP contribution in [0.5, 0.6) is 11.5 Å². The van der Waals surface area contributed by atoms with Crippen molar-refractivity contribution in [2.45, 2.75) is 76.9 Å². The number of carbonyl (C=O) groups is 2. The Morgan fingerprint density at radius 2 is 1.91 bits per heavy atom. The van der Waals surface area contributed by atoms with Crippen molar-refractivity contribution in [2.24, 2.45) is 5.92 Å². The number of halogens is 1. The van der Waals surface area contributed by atoms with E-state index in [9.17, 15) is 14.4 Å². The molecule has 228 valence electrons. The highest BCUT2D eigenvalue weighted by Crippen LogP contribution is 2.46. The van der Waals surface area contributed by atoms with Crippen LogP contribution in [-0.2, 0) is 11.2 Å². The van der Waals surface area contributed by atoms with Gasteiger partial charge in [0.15, 0.2) is 11.5 Å². The molecule has 2 atom stereocenters. The van der Waals surface area contributed by atoms with E-state index in [1.54, 1.807) is 6.20 Å².